The van der Waals surface area contributed by atoms with Crippen molar-refractivity contribution >= 4 is 21.7 Å². The predicted molar refractivity (Wildman–Crippen MR) is 88.1 cm³/mol. The van der Waals surface area contributed by atoms with Gasteiger partial charge >= 0.3 is 0 Å². The van der Waals surface area contributed by atoms with Crippen LogP contribution in [-0.2, 0) is 9.84 Å². The highest BCUT2D eigenvalue weighted by molar-refractivity contribution is 7.91. The van der Waals surface area contributed by atoms with Gasteiger partial charge in [-0.3, -0.25) is 9.59 Å². The minimum absolute atomic E-state index is 0.0205. The predicted octanol–water partition coefficient (Wildman–Crippen LogP) is 0.989. The summed E-state index contributed by atoms with van der Waals surface area (Å²) in [6.07, 6.45) is 0.433. The monoisotopic (exact) mass is 338 g/mol. The Kier molecular flexibility index (Phi) is 5.41. The molecule has 1 fully saturated rings. The van der Waals surface area contributed by atoms with E-state index in [4.69, 9.17) is 0 Å². The highest BCUT2D eigenvalue weighted by Gasteiger charge is 2.29. The SMILES string of the molecule is CC(C)CNC(=O)c1cccc(C(=O)NC2CCS(=O)(=O)C2)c1. The van der Waals surface area contributed by atoms with Crippen molar-refractivity contribution in [1.29, 1.82) is 0 Å². The van der Waals surface area contributed by atoms with Gasteiger partial charge in [-0.05, 0) is 30.5 Å². The van der Waals surface area contributed by atoms with Crippen LogP contribution in [0.1, 0.15) is 41.0 Å². The summed E-state index contributed by atoms with van der Waals surface area (Å²) in [5.74, 6) is -0.153. The third-order valence-corrected chi connectivity index (χ3v) is 5.39. The van der Waals surface area contributed by atoms with E-state index < -0.39 is 9.84 Å². The Morgan fingerprint density at radius 2 is 1.87 bits per heavy atom. The zero-order valence-electron chi connectivity index (χ0n) is 13.3. The molecule has 1 heterocycles. The quantitative estimate of drug-likeness (QED) is 0.837. The molecule has 0 spiro atoms. The van der Waals surface area contributed by atoms with Gasteiger partial charge in [-0.1, -0.05) is 19.9 Å². The van der Waals surface area contributed by atoms with E-state index in [-0.39, 0.29) is 29.4 Å². The minimum atomic E-state index is -3.04. The number of carbonyl (C=O) groups excluding carboxylic acids is 2. The van der Waals surface area contributed by atoms with Crippen LogP contribution in [0.25, 0.3) is 0 Å². The zero-order valence-corrected chi connectivity index (χ0v) is 14.2. The van der Waals surface area contributed by atoms with Crippen molar-refractivity contribution in [3.8, 4) is 0 Å². The van der Waals surface area contributed by atoms with E-state index in [9.17, 15) is 18.0 Å². The molecule has 1 aromatic rings. The maximum absolute atomic E-state index is 12.2. The van der Waals surface area contributed by atoms with Crippen molar-refractivity contribution < 1.29 is 18.0 Å². The molecule has 0 aliphatic carbocycles. The number of benzene rings is 1. The fraction of sp³-hybridized carbons (Fsp3) is 0.500. The van der Waals surface area contributed by atoms with Crippen LogP contribution in [0.15, 0.2) is 24.3 Å². The van der Waals surface area contributed by atoms with Gasteiger partial charge in [-0.25, -0.2) is 8.42 Å². The molecule has 2 N–H and O–H groups in total. The van der Waals surface area contributed by atoms with Gasteiger partial charge < -0.3 is 10.6 Å². The lowest BCUT2D eigenvalue weighted by Gasteiger charge is -2.12. The molecule has 0 aromatic heterocycles. The summed E-state index contributed by atoms with van der Waals surface area (Å²) in [6.45, 7) is 4.56. The minimum Gasteiger partial charge on any atom is -0.352 e. The molecule has 0 radical (unpaired) electrons. The van der Waals surface area contributed by atoms with Gasteiger partial charge in [0, 0.05) is 23.7 Å². The summed E-state index contributed by atoms with van der Waals surface area (Å²) in [4.78, 5) is 24.2. The van der Waals surface area contributed by atoms with Crippen LogP contribution in [0.4, 0.5) is 0 Å². The lowest BCUT2D eigenvalue weighted by molar-refractivity contribution is 0.0941. The van der Waals surface area contributed by atoms with Crippen molar-refractivity contribution in [2.24, 2.45) is 5.92 Å². The van der Waals surface area contributed by atoms with Crippen LogP contribution in [0.2, 0.25) is 0 Å². The number of rotatable bonds is 5. The molecule has 0 bridgehead atoms. The average molecular weight is 338 g/mol. The number of amides is 2. The molecule has 23 heavy (non-hydrogen) atoms. The van der Waals surface area contributed by atoms with Gasteiger partial charge in [0.1, 0.15) is 0 Å². The lowest BCUT2D eigenvalue weighted by atomic mass is 10.1. The molecule has 2 rings (SSSR count). The summed E-state index contributed by atoms with van der Waals surface area (Å²) < 4.78 is 22.9. The third-order valence-electron chi connectivity index (χ3n) is 3.63. The Labute approximate surface area is 136 Å². The van der Waals surface area contributed by atoms with Crippen molar-refractivity contribution in [2.75, 3.05) is 18.1 Å². The first-order valence-electron chi connectivity index (χ1n) is 7.66. The first-order chi connectivity index (χ1) is 10.8. The highest BCUT2D eigenvalue weighted by Crippen LogP contribution is 2.13. The molecule has 126 valence electrons. The number of sulfone groups is 1. The molecule has 1 unspecified atom stereocenters. The number of nitrogens with one attached hydrogen (secondary N) is 2. The summed E-state index contributed by atoms with van der Waals surface area (Å²) in [5, 5.41) is 5.52. The van der Waals surface area contributed by atoms with Crippen LogP contribution < -0.4 is 10.6 Å². The normalized spacial score (nSPS) is 19.5. The number of hydrogen-bond acceptors (Lipinski definition) is 4. The molecule has 1 atom stereocenters. The van der Waals surface area contributed by atoms with E-state index in [1.54, 1.807) is 18.2 Å². The Bertz CT molecular complexity index is 698. The smallest absolute Gasteiger partial charge is 0.251 e. The Balaban J connectivity index is 2.01. The van der Waals surface area contributed by atoms with Gasteiger partial charge in [-0.15, -0.1) is 0 Å². The molecule has 2 amide bonds. The topological polar surface area (TPSA) is 92.3 Å². The summed E-state index contributed by atoms with van der Waals surface area (Å²) in [6, 6.07) is 6.06. The van der Waals surface area contributed by atoms with Gasteiger partial charge in [0.15, 0.2) is 9.84 Å². The van der Waals surface area contributed by atoms with Gasteiger partial charge in [-0.2, -0.15) is 0 Å². The van der Waals surface area contributed by atoms with Gasteiger partial charge in [0.25, 0.3) is 11.8 Å². The van der Waals surface area contributed by atoms with Crippen LogP contribution in [-0.4, -0.2) is 44.3 Å². The molecule has 1 saturated heterocycles. The highest BCUT2D eigenvalue weighted by atomic mass is 32.2. The van der Waals surface area contributed by atoms with E-state index in [1.807, 2.05) is 13.8 Å². The number of carbonyl (C=O) groups is 2. The molecule has 1 aromatic carbocycles. The van der Waals surface area contributed by atoms with E-state index in [0.29, 0.717) is 30.0 Å². The molecule has 6 nitrogen and oxygen atoms in total. The summed E-state index contributed by atoms with van der Waals surface area (Å²) in [7, 11) is -3.04. The molecule has 1 aliphatic rings. The first kappa shape index (κ1) is 17.5. The van der Waals surface area contributed by atoms with E-state index in [0.717, 1.165) is 0 Å². The van der Waals surface area contributed by atoms with E-state index in [1.165, 1.54) is 6.07 Å². The maximum Gasteiger partial charge on any atom is 0.251 e. The second-order valence-electron chi connectivity index (χ2n) is 6.26. The van der Waals surface area contributed by atoms with Crippen LogP contribution in [0.5, 0.6) is 0 Å². The van der Waals surface area contributed by atoms with Crippen LogP contribution in [0, 0.1) is 5.92 Å². The third kappa shape index (κ3) is 5.06. The molecule has 1 aliphatic heterocycles. The molecule has 0 saturated carbocycles. The van der Waals surface area contributed by atoms with E-state index >= 15 is 0 Å². The van der Waals surface area contributed by atoms with Crippen molar-refractivity contribution in [3.05, 3.63) is 35.4 Å². The Morgan fingerprint density at radius 1 is 1.22 bits per heavy atom. The summed E-state index contributed by atoms with van der Waals surface area (Å²) in [5.41, 5.74) is 0.767. The fourth-order valence-corrected chi connectivity index (χ4v) is 4.05. The summed E-state index contributed by atoms with van der Waals surface area (Å²) >= 11 is 0. The standard InChI is InChI=1S/C16H22N2O4S/c1-11(2)9-17-15(19)12-4-3-5-13(8-12)16(20)18-14-6-7-23(21,22)10-14/h3-5,8,11,14H,6-7,9-10H2,1-2H3,(H,17,19)(H,18,20). The fourth-order valence-electron chi connectivity index (χ4n) is 2.38. The van der Waals surface area contributed by atoms with Crippen LogP contribution in [0.3, 0.4) is 0 Å². The molecular weight excluding hydrogens is 316 g/mol. The Morgan fingerprint density at radius 3 is 2.43 bits per heavy atom. The molecule has 7 heteroatoms. The second-order valence-corrected chi connectivity index (χ2v) is 8.49. The van der Waals surface area contributed by atoms with Crippen molar-refractivity contribution in [1.82, 2.24) is 10.6 Å². The molecular formula is C16H22N2O4S. The van der Waals surface area contributed by atoms with Crippen LogP contribution >= 0.6 is 0 Å². The van der Waals surface area contributed by atoms with E-state index in [2.05, 4.69) is 10.6 Å². The van der Waals surface area contributed by atoms with Crippen molar-refractivity contribution in [2.45, 2.75) is 26.3 Å². The second kappa shape index (κ2) is 7.12. The van der Waals surface area contributed by atoms with Gasteiger partial charge in [0.05, 0.1) is 11.5 Å². The van der Waals surface area contributed by atoms with Gasteiger partial charge in [0.2, 0.25) is 0 Å². The van der Waals surface area contributed by atoms with Crippen molar-refractivity contribution in [3.63, 3.8) is 0 Å². The maximum atomic E-state index is 12.2. The zero-order chi connectivity index (χ0) is 17.0. The number of hydrogen-bond donors (Lipinski definition) is 2. The first-order valence-corrected chi connectivity index (χ1v) is 9.48. The largest absolute Gasteiger partial charge is 0.352 e. The average Bonchev–Trinajstić information content (AvgIpc) is 2.83. The Hall–Kier alpha value is -1.89. The lowest BCUT2D eigenvalue weighted by Crippen LogP contribution is -2.35.